The largest absolute Gasteiger partial charge is 0.376 e. The zero-order chi connectivity index (χ0) is 10.7. The zero-order valence-corrected chi connectivity index (χ0v) is 8.62. The van der Waals surface area contributed by atoms with E-state index in [1.165, 1.54) is 0 Å². The van der Waals surface area contributed by atoms with Crippen molar-refractivity contribution in [1.82, 2.24) is 15.2 Å². The summed E-state index contributed by atoms with van der Waals surface area (Å²) in [5, 5.41) is 10.6. The lowest BCUT2D eigenvalue weighted by Crippen LogP contribution is -2.23. The van der Waals surface area contributed by atoms with Gasteiger partial charge >= 0.3 is 0 Å². The van der Waals surface area contributed by atoms with Crippen molar-refractivity contribution in [2.75, 3.05) is 18.5 Å². The summed E-state index contributed by atoms with van der Waals surface area (Å²) in [4.78, 5) is 13.8. The van der Waals surface area contributed by atoms with Crippen LogP contribution in [0.15, 0.2) is 4.79 Å². The molecule has 6 nitrogen and oxygen atoms in total. The van der Waals surface area contributed by atoms with E-state index in [0.29, 0.717) is 18.2 Å². The van der Waals surface area contributed by atoms with Gasteiger partial charge in [-0.05, 0) is 19.8 Å². The maximum Gasteiger partial charge on any atom is 0.273 e. The van der Waals surface area contributed by atoms with Crippen molar-refractivity contribution in [2.24, 2.45) is 0 Å². The SMILES string of the molecule is Cc1nnc(NCC2CCCO2)[nH]c1=O. The van der Waals surface area contributed by atoms with Gasteiger partial charge in [0, 0.05) is 13.2 Å². The van der Waals surface area contributed by atoms with Crippen LogP contribution in [0.1, 0.15) is 18.5 Å². The van der Waals surface area contributed by atoms with Crippen molar-refractivity contribution in [3.63, 3.8) is 0 Å². The maximum atomic E-state index is 11.2. The highest BCUT2D eigenvalue weighted by Gasteiger charge is 2.15. The van der Waals surface area contributed by atoms with Crippen molar-refractivity contribution in [2.45, 2.75) is 25.9 Å². The Hall–Kier alpha value is -1.43. The molecule has 1 fully saturated rings. The average molecular weight is 210 g/mol. The van der Waals surface area contributed by atoms with E-state index in [4.69, 9.17) is 4.74 Å². The monoisotopic (exact) mass is 210 g/mol. The summed E-state index contributed by atoms with van der Waals surface area (Å²) >= 11 is 0. The molecule has 2 rings (SSSR count). The molecule has 0 aromatic carbocycles. The fourth-order valence-electron chi connectivity index (χ4n) is 1.49. The van der Waals surface area contributed by atoms with E-state index < -0.39 is 0 Å². The van der Waals surface area contributed by atoms with Gasteiger partial charge in [0.15, 0.2) is 0 Å². The molecule has 1 unspecified atom stereocenters. The molecule has 1 atom stereocenters. The third-order valence-corrected chi connectivity index (χ3v) is 2.38. The van der Waals surface area contributed by atoms with Gasteiger partial charge in [-0.3, -0.25) is 9.78 Å². The number of nitrogens with one attached hydrogen (secondary N) is 2. The lowest BCUT2D eigenvalue weighted by molar-refractivity contribution is 0.120. The van der Waals surface area contributed by atoms with Crippen LogP contribution >= 0.6 is 0 Å². The number of aryl methyl sites for hydroxylation is 1. The predicted octanol–water partition coefficient (Wildman–Crippen LogP) is 0.0642. The lowest BCUT2D eigenvalue weighted by Gasteiger charge is -2.10. The first-order chi connectivity index (χ1) is 7.25. The Bertz CT molecular complexity index is 384. The Morgan fingerprint density at radius 1 is 1.60 bits per heavy atom. The minimum absolute atomic E-state index is 0.208. The van der Waals surface area contributed by atoms with Crippen LogP contribution in [0.4, 0.5) is 5.95 Å². The van der Waals surface area contributed by atoms with Crippen LogP contribution in [-0.4, -0.2) is 34.4 Å². The Morgan fingerprint density at radius 3 is 3.13 bits per heavy atom. The molecule has 0 radical (unpaired) electrons. The fraction of sp³-hybridized carbons (Fsp3) is 0.667. The van der Waals surface area contributed by atoms with Crippen LogP contribution in [0.2, 0.25) is 0 Å². The minimum Gasteiger partial charge on any atom is -0.376 e. The second-order valence-corrected chi connectivity index (χ2v) is 3.60. The molecule has 2 N–H and O–H groups in total. The van der Waals surface area contributed by atoms with Crippen LogP contribution < -0.4 is 10.9 Å². The van der Waals surface area contributed by atoms with Crippen molar-refractivity contribution in [1.29, 1.82) is 0 Å². The molecule has 1 aliphatic heterocycles. The third kappa shape index (κ3) is 2.53. The highest BCUT2D eigenvalue weighted by atomic mass is 16.5. The first-order valence-corrected chi connectivity index (χ1v) is 5.05. The number of rotatable bonds is 3. The Kier molecular flexibility index (Phi) is 2.96. The molecule has 2 heterocycles. The number of hydrogen-bond donors (Lipinski definition) is 2. The molecule has 0 spiro atoms. The summed E-state index contributed by atoms with van der Waals surface area (Å²) in [6.45, 7) is 3.10. The molecule has 0 aliphatic carbocycles. The molecule has 1 aliphatic rings. The Labute approximate surface area is 87.1 Å². The molecular formula is C9H14N4O2. The molecule has 0 amide bonds. The minimum atomic E-state index is -0.208. The van der Waals surface area contributed by atoms with E-state index in [-0.39, 0.29) is 11.7 Å². The van der Waals surface area contributed by atoms with Crippen LogP contribution in [-0.2, 0) is 4.74 Å². The number of ether oxygens (including phenoxy) is 1. The number of hydrogen-bond acceptors (Lipinski definition) is 5. The van der Waals surface area contributed by atoms with Crippen LogP contribution in [0.3, 0.4) is 0 Å². The zero-order valence-electron chi connectivity index (χ0n) is 8.62. The first-order valence-electron chi connectivity index (χ1n) is 5.05. The van der Waals surface area contributed by atoms with Crippen LogP contribution in [0, 0.1) is 6.92 Å². The molecule has 0 saturated carbocycles. The van der Waals surface area contributed by atoms with Crippen molar-refractivity contribution >= 4 is 5.95 Å². The molecule has 82 valence electrons. The number of H-pyrrole nitrogens is 1. The second kappa shape index (κ2) is 4.39. The van der Waals surface area contributed by atoms with Gasteiger partial charge in [-0.1, -0.05) is 0 Å². The number of anilines is 1. The van der Waals surface area contributed by atoms with E-state index in [9.17, 15) is 4.79 Å². The summed E-state index contributed by atoms with van der Waals surface area (Å²) < 4.78 is 5.43. The molecule has 6 heteroatoms. The van der Waals surface area contributed by atoms with Gasteiger partial charge < -0.3 is 10.1 Å². The van der Waals surface area contributed by atoms with Crippen LogP contribution in [0.5, 0.6) is 0 Å². The van der Waals surface area contributed by atoms with E-state index in [1.807, 2.05) is 0 Å². The van der Waals surface area contributed by atoms with Gasteiger partial charge in [0.05, 0.1) is 6.10 Å². The highest BCUT2D eigenvalue weighted by Crippen LogP contribution is 2.11. The van der Waals surface area contributed by atoms with E-state index >= 15 is 0 Å². The van der Waals surface area contributed by atoms with Gasteiger partial charge in [0.1, 0.15) is 5.69 Å². The van der Waals surface area contributed by atoms with Crippen molar-refractivity contribution in [3.8, 4) is 0 Å². The molecule has 1 aromatic heterocycles. The number of aromatic amines is 1. The normalized spacial score (nSPS) is 20.5. The summed E-state index contributed by atoms with van der Waals surface area (Å²) in [5.74, 6) is 0.404. The second-order valence-electron chi connectivity index (χ2n) is 3.60. The summed E-state index contributed by atoms with van der Waals surface area (Å²) in [5.41, 5.74) is 0.164. The van der Waals surface area contributed by atoms with E-state index in [0.717, 1.165) is 19.4 Å². The topological polar surface area (TPSA) is 79.9 Å². The fourth-order valence-corrected chi connectivity index (χ4v) is 1.49. The van der Waals surface area contributed by atoms with Gasteiger partial charge in [0.25, 0.3) is 5.56 Å². The molecule has 1 aromatic rings. The standard InChI is InChI=1S/C9H14N4O2/c1-6-8(14)11-9(13-12-6)10-5-7-3-2-4-15-7/h7H,2-5H2,1H3,(H2,10,11,13,14). The van der Waals surface area contributed by atoms with Gasteiger partial charge in [-0.25, -0.2) is 0 Å². The van der Waals surface area contributed by atoms with E-state index in [2.05, 4.69) is 20.5 Å². The van der Waals surface area contributed by atoms with Crippen LogP contribution in [0.25, 0.3) is 0 Å². The maximum absolute atomic E-state index is 11.2. The van der Waals surface area contributed by atoms with Gasteiger partial charge in [0.2, 0.25) is 5.95 Å². The smallest absolute Gasteiger partial charge is 0.273 e. The Balaban J connectivity index is 1.93. The van der Waals surface area contributed by atoms with Crippen molar-refractivity contribution < 1.29 is 4.74 Å². The number of nitrogens with zero attached hydrogens (tertiary/aromatic N) is 2. The molecule has 0 bridgehead atoms. The quantitative estimate of drug-likeness (QED) is 0.737. The lowest BCUT2D eigenvalue weighted by atomic mass is 10.2. The molecule has 15 heavy (non-hydrogen) atoms. The molecular weight excluding hydrogens is 196 g/mol. The van der Waals surface area contributed by atoms with Gasteiger partial charge in [-0.2, -0.15) is 0 Å². The summed E-state index contributed by atoms with van der Waals surface area (Å²) in [7, 11) is 0. The average Bonchev–Trinajstić information content (AvgIpc) is 2.73. The third-order valence-electron chi connectivity index (χ3n) is 2.38. The van der Waals surface area contributed by atoms with Gasteiger partial charge in [-0.15, -0.1) is 10.2 Å². The summed E-state index contributed by atoms with van der Waals surface area (Å²) in [6.07, 6.45) is 2.37. The van der Waals surface area contributed by atoms with E-state index in [1.54, 1.807) is 6.92 Å². The first kappa shape index (κ1) is 10.1. The predicted molar refractivity (Wildman–Crippen MR) is 54.9 cm³/mol. The Morgan fingerprint density at radius 2 is 2.47 bits per heavy atom. The molecule has 1 saturated heterocycles. The number of aromatic nitrogens is 3. The highest BCUT2D eigenvalue weighted by molar-refractivity contribution is 5.21. The van der Waals surface area contributed by atoms with Crippen molar-refractivity contribution in [3.05, 3.63) is 16.0 Å². The summed E-state index contributed by atoms with van der Waals surface area (Å²) in [6, 6.07) is 0.